The first kappa shape index (κ1) is 45.7. The molecule has 1 fully saturated rings. The summed E-state index contributed by atoms with van der Waals surface area (Å²) in [7, 11) is 0. The molecule has 10 heteroatoms. The van der Waals surface area contributed by atoms with E-state index in [0.29, 0.717) is 6.42 Å². The van der Waals surface area contributed by atoms with Gasteiger partial charge in [0.1, 0.15) is 31.0 Å². The Labute approximate surface area is 301 Å². The van der Waals surface area contributed by atoms with Gasteiger partial charge in [0.2, 0.25) is 0 Å². The second kappa shape index (κ2) is 31.4. The molecule has 10 nitrogen and oxygen atoms in total. The Morgan fingerprint density at radius 3 is 1.78 bits per heavy atom. The molecule has 50 heavy (non-hydrogen) atoms. The molecule has 4 N–H and O–H groups in total. The van der Waals surface area contributed by atoms with Crippen molar-refractivity contribution in [1.82, 2.24) is 0 Å². The number of aliphatic hydroxyl groups excluding tert-OH is 4. The van der Waals surface area contributed by atoms with Gasteiger partial charge in [0.25, 0.3) is 0 Å². The lowest BCUT2D eigenvalue weighted by atomic mass is 9.99. The molecule has 0 aromatic rings. The molecule has 1 saturated heterocycles. The molecule has 1 aliphatic heterocycles. The number of unbranched alkanes of at least 4 members (excludes halogenated alkanes) is 11. The highest BCUT2D eigenvalue weighted by Crippen LogP contribution is 2.22. The molecule has 0 aromatic carbocycles. The van der Waals surface area contributed by atoms with Gasteiger partial charge in [-0.3, -0.25) is 9.59 Å². The standard InChI is InChI=1S/C40H68O10/c1-3-5-7-9-11-13-15-16-17-18-19-21-23-25-27-29-36(43)49-33(32-48-40-39(46)38(45)37(44)34(30-41)50-40)31-47-35(42)28-26-24-22-20-14-12-10-8-6-4-2/h5,7,11,13,16-17,19,21,33-34,37-41,44-46H,3-4,6,8-10,12,14-15,18,20,22-32H2,1-2H3/b7-5+,13-11+,17-16+,21-19+/t33-,34-,37+,38?,39?,40-/m1/s1. The summed E-state index contributed by atoms with van der Waals surface area (Å²) in [5, 5.41) is 39.9. The Balaban J connectivity index is 2.44. The number of carbonyl (C=O) groups is 2. The lowest BCUT2D eigenvalue weighted by Crippen LogP contribution is -2.59. The van der Waals surface area contributed by atoms with E-state index in [-0.39, 0.29) is 26.1 Å². The average molecular weight is 709 g/mol. The quantitative estimate of drug-likeness (QED) is 0.0351. The molecule has 0 saturated carbocycles. The predicted molar refractivity (Wildman–Crippen MR) is 196 cm³/mol. The number of hydrogen-bond donors (Lipinski definition) is 4. The highest BCUT2D eigenvalue weighted by molar-refractivity contribution is 5.70. The van der Waals surface area contributed by atoms with Crippen molar-refractivity contribution in [3.63, 3.8) is 0 Å². The van der Waals surface area contributed by atoms with Crippen LogP contribution in [-0.2, 0) is 28.5 Å². The van der Waals surface area contributed by atoms with Crippen molar-refractivity contribution in [3.8, 4) is 0 Å². The normalized spacial score (nSPS) is 21.9. The molecule has 0 spiro atoms. The number of carbonyl (C=O) groups excluding carboxylic acids is 2. The predicted octanol–water partition coefficient (Wildman–Crippen LogP) is 6.93. The number of ether oxygens (including phenoxy) is 4. The molecule has 1 heterocycles. The summed E-state index contributed by atoms with van der Waals surface area (Å²) in [6, 6.07) is 0. The third kappa shape index (κ3) is 23.2. The van der Waals surface area contributed by atoms with Crippen molar-refractivity contribution in [2.45, 2.75) is 173 Å². The molecule has 0 bridgehead atoms. The first-order valence-electron chi connectivity index (χ1n) is 19.2. The minimum Gasteiger partial charge on any atom is -0.462 e. The van der Waals surface area contributed by atoms with Crippen LogP contribution in [0.2, 0.25) is 0 Å². The van der Waals surface area contributed by atoms with Gasteiger partial charge in [0.05, 0.1) is 13.2 Å². The van der Waals surface area contributed by atoms with E-state index < -0.39 is 55.4 Å². The van der Waals surface area contributed by atoms with E-state index in [0.717, 1.165) is 64.2 Å². The summed E-state index contributed by atoms with van der Waals surface area (Å²) in [6.07, 6.45) is 27.0. The SMILES string of the molecule is CC/C=C/C/C=C/C/C=C/C/C=C/CCCCC(=O)O[C@H](COC(=O)CCCCCCCCCCCC)CO[C@@H]1O[C@H](CO)[C@H](O)C(O)C1O. The van der Waals surface area contributed by atoms with E-state index in [9.17, 15) is 30.0 Å². The van der Waals surface area contributed by atoms with Crippen LogP contribution in [-0.4, -0.2) is 89.0 Å². The van der Waals surface area contributed by atoms with Gasteiger partial charge in [-0.2, -0.15) is 0 Å². The fraction of sp³-hybridized carbons (Fsp3) is 0.750. The molecule has 2 unspecified atom stereocenters. The van der Waals surface area contributed by atoms with Gasteiger partial charge < -0.3 is 39.4 Å². The van der Waals surface area contributed by atoms with Crippen LogP contribution in [0, 0.1) is 0 Å². The zero-order valence-electron chi connectivity index (χ0n) is 30.9. The van der Waals surface area contributed by atoms with Gasteiger partial charge in [0, 0.05) is 12.8 Å². The van der Waals surface area contributed by atoms with Crippen LogP contribution in [0.4, 0.5) is 0 Å². The first-order valence-corrected chi connectivity index (χ1v) is 19.2. The van der Waals surface area contributed by atoms with Crippen LogP contribution < -0.4 is 0 Å². The lowest BCUT2D eigenvalue weighted by molar-refractivity contribution is -0.305. The van der Waals surface area contributed by atoms with Crippen LogP contribution in [0.15, 0.2) is 48.6 Å². The Hall–Kier alpha value is -2.34. The molecule has 6 atom stereocenters. The van der Waals surface area contributed by atoms with Crippen LogP contribution in [0.25, 0.3) is 0 Å². The minimum absolute atomic E-state index is 0.177. The molecular weight excluding hydrogens is 640 g/mol. The summed E-state index contributed by atoms with van der Waals surface area (Å²) in [5.41, 5.74) is 0. The van der Waals surface area contributed by atoms with Crippen molar-refractivity contribution < 1.29 is 49.0 Å². The van der Waals surface area contributed by atoms with Crippen LogP contribution >= 0.6 is 0 Å². The first-order chi connectivity index (χ1) is 24.3. The van der Waals surface area contributed by atoms with E-state index >= 15 is 0 Å². The van der Waals surface area contributed by atoms with Gasteiger partial charge in [-0.25, -0.2) is 0 Å². The smallest absolute Gasteiger partial charge is 0.306 e. The van der Waals surface area contributed by atoms with Crippen molar-refractivity contribution in [2.24, 2.45) is 0 Å². The summed E-state index contributed by atoms with van der Waals surface area (Å²) >= 11 is 0. The second-order valence-electron chi connectivity index (χ2n) is 13.0. The van der Waals surface area contributed by atoms with Crippen LogP contribution in [0.3, 0.4) is 0 Å². The fourth-order valence-corrected chi connectivity index (χ4v) is 5.41. The van der Waals surface area contributed by atoms with Crippen LogP contribution in [0.5, 0.6) is 0 Å². The lowest BCUT2D eigenvalue weighted by Gasteiger charge is -2.39. The summed E-state index contributed by atoms with van der Waals surface area (Å²) in [6.45, 7) is 3.22. The molecule has 0 aromatic heterocycles. The van der Waals surface area contributed by atoms with Crippen molar-refractivity contribution in [1.29, 1.82) is 0 Å². The number of aliphatic hydroxyl groups is 4. The zero-order valence-corrected chi connectivity index (χ0v) is 30.9. The van der Waals surface area contributed by atoms with E-state index in [4.69, 9.17) is 18.9 Å². The van der Waals surface area contributed by atoms with Crippen molar-refractivity contribution in [3.05, 3.63) is 48.6 Å². The maximum Gasteiger partial charge on any atom is 0.306 e. The summed E-state index contributed by atoms with van der Waals surface area (Å²) < 4.78 is 22.0. The van der Waals surface area contributed by atoms with Gasteiger partial charge in [-0.05, 0) is 51.4 Å². The van der Waals surface area contributed by atoms with E-state index in [1.807, 2.05) is 0 Å². The molecule has 0 aliphatic carbocycles. The molecule has 1 aliphatic rings. The zero-order chi connectivity index (χ0) is 36.7. The maximum absolute atomic E-state index is 12.7. The Morgan fingerprint density at radius 1 is 0.640 bits per heavy atom. The highest BCUT2D eigenvalue weighted by Gasteiger charge is 2.44. The topological polar surface area (TPSA) is 152 Å². The van der Waals surface area contributed by atoms with Crippen molar-refractivity contribution >= 4 is 11.9 Å². The number of esters is 2. The molecule has 0 amide bonds. The Bertz CT molecular complexity index is 960. The summed E-state index contributed by atoms with van der Waals surface area (Å²) in [5.74, 6) is -0.861. The largest absolute Gasteiger partial charge is 0.462 e. The molecule has 1 rings (SSSR count). The average Bonchev–Trinajstić information content (AvgIpc) is 3.11. The minimum atomic E-state index is -1.60. The van der Waals surface area contributed by atoms with E-state index in [1.165, 1.54) is 38.5 Å². The third-order valence-corrected chi connectivity index (χ3v) is 8.48. The van der Waals surface area contributed by atoms with Gasteiger partial charge >= 0.3 is 11.9 Å². The molecule has 0 radical (unpaired) electrons. The fourth-order valence-electron chi connectivity index (χ4n) is 5.41. The van der Waals surface area contributed by atoms with Gasteiger partial charge in [-0.15, -0.1) is 0 Å². The van der Waals surface area contributed by atoms with Crippen LogP contribution in [0.1, 0.15) is 136 Å². The maximum atomic E-state index is 12.7. The van der Waals surface area contributed by atoms with Gasteiger partial charge in [-0.1, -0.05) is 120 Å². The number of allylic oxidation sites excluding steroid dienone is 8. The third-order valence-electron chi connectivity index (χ3n) is 8.48. The Morgan fingerprint density at radius 2 is 1.18 bits per heavy atom. The van der Waals surface area contributed by atoms with Gasteiger partial charge in [0.15, 0.2) is 12.4 Å². The monoisotopic (exact) mass is 708 g/mol. The Kier molecular flexibility index (Phi) is 28.7. The highest BCUT2D eigenvalue weighted by atomic mass is 16.7. The van der Waals surface area contributed by atoms with E-state index in [1.54, 1.807) is 0 Å². The number of rotatable bonds is 30. The van der Waals surface area contributed by atoms with Crippen molar-refractivity contribution in [2.75, 3.05) is 19.8 Å². The van der Waals surface area contributed by atoms with E-state index in [2.05, 4.69) is 62.5 Å². The molecular formula is C40H68O10. The summed E-state index contributed by atoms with van der Waals surface area (Å²) in [4.78, 5) is 25.1. The second-order valence-corrected chi connectivity index (χ2v) is 13.0. The molecule has 288 valence electrons. The number of hydrogen-bond acceptors (Lipinski definition) is 10.